The van der Waals surface area contributed by atoms with Crippen LogP contribution < -0.4 is 10.6 Å². The van der Waals surface area contributed by atoms with Crippen LogP contribution in [-0.4, -0.2) is 90.5 Å². The van der Waals surface area contributed by atoms with Crippen LogP contribution >= 0.6 is 0 Å². The number of carboxylic acids is 1. The van der Waals surface area contributed by atoms with Crippen molar-refractivity contribution in [2.75, 3.05) is 38.3 Å². The monoisotopic (exact) mass is 951 g/mol. The van der Waals surface area contributed by atoms with Crippen LogP contribution in [-0.2, 0) is 23.8 Å². The Labute approximate surface area is 411 Å². The molecule has 11 nitrogen and oxygen atoms in total. The Hall–Kier alpha value is -3.69. The Kier molecular flexibility index (Phi) is 14.4. The number of fused-ring (bicyclic) bond motifs is 9. The van der Waals surface area contributed by atoms with Crippen molar-refractivity contribution in [3.05, 3.63) is 52.6 Å². The van der Waals surface area contributed by atoms with Crippen LogP contribution in [0.4, 0.5) is 10.5 Å². The predicted octanol–water partition coefficient (Wildman–Crippen LogP) is 9.77. The summed E-state index contributed by atoms with van der Waals surface area (Å²) in [4.78, 5) is 39.7. The third-order valence-electron chi connectivity index (χ3n) is 20.8. The summed E-state index contributed by atoms with van der Waals surface area (Å²) >= 11 is 0. The highest BCUT2D eigenvalue weighted by molar-refractivity contribution is 5.93. The fourth-order valence-electron chi connectivity index (χ4n) is 17.1. The molecular formula is C58H82N2O9. The van der Waals surface area contributed by atoms with Crippen LogP contribution in [0.15, 0.2) is 47.1 Å². The average Bonchev–Trinajstić information content (AvgIpc) is 3.81. The Morgan fingerprint density at radius 1 is 0.957 bits per heavy atom. The lowest BCUT2D eigenvalue weighted by atomic mass is 9.43. The van der Waals surface area contributed by atoms with Crippen molar-refractivity contribution in [2.45, 2.75) is 174 Å². The van der Waals surface area contributed by atoms with Crippen molar-refractivity contribution >= 4 is 23.6 Å². The summed E-state index contributed by atoms with van der Waals surface area (Å²) in [5.74, 6) is 7.77. The number of rotatable bonds is 14. The van der Waals surface area contributed by atoms with Gasteiger partial charge in [-0.15, -0.1) is 5.92 Å². The van der Waals surface area contributed by atoms with Gasteiger partial charge in [0.15, 0.2) is 5.78 Å². The molecule has 5 N–H and O–H groups in total. The summed E-state index contributed by atoms with van der Waals surface area (Å²) in [5.41, 5.74) is 10.5. The van der Waals surface area contributed by atoms with Crippen molar-refractivity contribution in [3.8, 4) is 11.8 Å². The van der Waals surface area contributed by atoms with Gasteiger partial charge in [0.25, 0.3) is 0 Å². The molecule has 378 valence electrons. The number of nitrogens with two attached hydrogens (primary N) is 1. The SMILES string of the molecule is CC#C[C@]1(O)CC[C@H]2[C@@H]3CCC4=CC(=O)CCC4=C3[C@@H](c3ccc(N(C)CCO[C@H]4CC[C@@]5(C)[C@@H](C4)C[C@@H](OC(=O)OCCCN)[C@@H]4[C@@H]5C[C@H](O)[C@]5(C)[C@@H]([C@H](C)CCC(=O)O)CC[C@@H]45)cc3)C[C@@]21C. The zero-order chi connectivity index (χ0) is 49.0. The van der Waals surface area contributed by atoms with E-state index >= 15 is 0 Å². The van der Waals surface area contributed by atoms with E-state index in [1.165, 1.54) is 22.3 Å². The molecule has 0 aromatic heterocycles. The topological polar surface area (TPSA) is 169 Å². The van der Waals surface area contributed by atoms with E-state index in [4.69, 9.17) is 19.9 Å². The molecule has 0 unspecified atom stereocenters. The van der Waals surface area contributed by atoms with Gasteiger partial charge in [0.05, 0.1) is 25.4 Å². The lowest BCUT2D eigenvalue weighted by Crippen LogP contribution is -2.63. The van der Waals surface area contributed by atoms with Gasteiger partial charge in [-0.1, -0.05) is 51.3 Å². The molecule has 0 aliphatic heterocycles. The van der Waals surface area contributed by atoms with Crippen LogP contribution in [0.3, 0.4) is 0 Å². The molecule has 0 radical (unpaired) electrons. The lowest BCUT2D eigenvalue weighted by molar-refractivity contribution is -0.211. The molecule has 6 saturated carbocycles. The molecule has 8 aliphatic rings. The fourth-order valence-corrected chi connectivity index (χ4v) is 17.1. The van der Waals surface area contributed by atoms with E-state index in [0.717, 1.165) is 82.9 Å². The minimum absolute atomic E-state index is 0.0428. The number of ether oxygens (including phenoxy) is 3. The third-order valence-corrected chi connectivity index (χ3v) is 20.8. The zero-order valence-electron chi connectivity index (χ0n) is 42.5. The predicted molar refractivity (Wildman–Crippen MR) is 266 cm³/mol. The maximum atomic E-state index is 13.3. The smallest absolute Gasteiger partial charge is 0.481 e. The Morgan fingerprint density at radius 2 is 1.74 bits per heavy atom. The molecule has 6 fully saturated rings. The van der Waals surface area contributed by atoms with E-state index in [9.17, 15) is 29.7 Å². The molecule has 0 heterocycles. The number of carboxylic acid groups (broad SMARTS) is 1. The molecule has 0 bridgehead atoms. The standard InChI is InChI=1S/C58H82N2O9/c1-7-23-58(66)25-22-46-43-16-12-37-30-40(61)15-17-42(37)52(43)44(34-56(46,58)4)36-10-13-39(14-11-36)60(6)27-29-67-41-21-24-55(3)38(31-41)32-49(69-54(65)68-28-8-26-59)53-47-19-18-45(35(2)9-20-51(63)64)57(47,5)50(62)33-48(53)55/h10-11,13-14,30,35,38,41,43-50,53,62,66H,8-9,12,15-22,24-29,31-34,59H2,1-6H3,(H,63,64)/t35-,38+,41+,43+,44-,45-,46+,47+,48+,49-,50+,53+,55+,56+,57-,58+/m1/s1. The molecule has 9 rings (SSSR count). The van der Waals surface area contributed by atoms with Crippen LogP contribution in [0, 0.1) is 75.4 Å². The molecule has 69 heavy (non-hydrogen) atoms. The molecule has 8 aliphatic carbocycles. The van der Waals surface area contributed by atoms with Crippen LogP contribution in [0.2, 0.25) is 0 Å². The second-order valence-corrected chi connectivity index (χ2v) is 23.9. The number of hydrogen-bond acceptors (Lipinski definition) is 10. The molecule has 11 heteroatoms. The summed E-state index contributed by atoms with van der Waals surface area (Å²) in [7, 11) is 2.13. The maximum absolute atomic E-state index is 13.3. The first-order valence-electron chi connectivity index (χ1n) is 26.9. The number of hydrogen-bond donors (Lipinski definition) is 4. The summed E-state index contributed by atoms with van der Waals surface area (Å²) in [6, 6.07) is 9.05. The highest BCUT2D eigenvalue weighted by Gasteiger charge is 2.67. The minimum atomic E-state index is -1.00. The van der Waals surface area contributed by atoms with Crippen molar-refractivity contribution in [3.63, 3.8) is 0 Å². The summed E-state index contributed by atoms with van der Waals surface area (Å²) in [6.45, 7) is 12.9. The first-order chi connectivity index (χ1) is 32.9. The van der Waals surface area contributed by atoms with Gasteiger partial charge >= 0.3 is 12.1 Å². The Bertz CT molecular complexity index is 2230. The number of aliphatic hydroxyl groups excluding tert-OH is 1. The molecular weight excluding hydrogens is 869 g/mol. The number of nitrogens with zero attached hydrogens (tertiary/aromatic N) is 1. The quantitative estimate of drug-likeness (QED) is 0.0796. The van der Waals surface area contributed by atoms with Crippen molar-refractivity contribution in [2.24, 2.45) is 69.3 Å². The van der Waals surface area contributed by atoms with E-state index in [-0.39, 0.29) is 88.7 Å². The first-order valence-corrected chi connectivity index (χ1v) is 26.9. The average molecular weight is 951 g/mol. The van der Waals surface area contributed by atoms with Gasteiger partial charge in [-0.25, -0.2) is 4.79 Å². The van der Waals surface area contributed by atoms with Gasteiger partial charge < -0.3 is 40.2 Å². The molecule has 0 spiro atoms. The van der Waals surface area contributed by atoms with Gasteiger partial charge in [0.2, 0.25) is 0 Å². The maximum Gasteiger partial charge on any atom is 0.508 e. The zero-order valence-corrected chi connectivity index (χ0v) is 42.5. The van der Waals surface area contributed by atoms with Gasteiger partial charge in [-0.05, 0) is 197 Å². The second-order valence-electron chi connectivity index (χ2n) is 23.9. The Morgan fingerprint density at radius 3 is 2.48 bits per heavy atom. The number of benzene rings is 1. The van der Waals surface area contributed by atoms with E-state index in [0.29, 0.717) is 57.1 Å². The normalized spacial score (nSPS) is 40.3. The third kappa shape index (κ3) is 8.92. The summed E-state index contributed by atoms with van der Waals surface area (Å²) < 4.78 is 18.7. The fraction of sp³-hybridized carbons (Fsp3) is 0.741. The van der Waals surface area contributed by atoms with Crippen molar-refractivity contribution < 1.29 is 43.9 Å². The van der Waals surface area contributed by atoms with E-state index in [1.54, 1.807) is 0 Å². The number of carbonyl (C=O) groups excluding carboxylic acids is 2. The van der Waals surface area contributed by atoms with E-state index in [2.05, 4.69) is 75.7 Å². The number of carbonyl (C=O) groups is 3. The summed E-state index contributed by atoms with van der Waals surface area (Å²) in [6.07, 6.45) is 13.7. The Balaban J connectivity index is 0.873. The highest BCUT2D eigenvalue weighted by atomic mass is 16.7. The van der Waals surface area contributed by atoms with Crippen molar-refractivity contribution in [1.82, 2.24) is 0 Å². The van der Waals surface area contributed by atoms with E-state index in [1.807, 2.05) is 13.0 Å². The van der Waals surface area contributed by atoms with Gasteiger partial charge in [0.1, 0.15) is 11.7 Å². The summed E-state index contributed by atoms with van der Waals surface area (Å²) in [5, 5.41) is 33.9. The van der Waals surface area contributed by atoms with Crippen LogP contribution in [0.25, 0.3) is 0 Å². The second kappa shape index (κ2) is 19.7. The van der Waals surface area contributed by atoms with E-state index < -0.39 is 23.8 Å². The number of aliphatic carboxylic acids is 1. The van der Waals surface area contributed by atoms with Gasteiger partial charge in [-0.3, -0.25) is 9.59 Å². The largest absolute Gasteiger partial charge is 0.508 e. The number of likely N-dealkylation sites (N-methyl/N-ethyl adjacent to an activating group) is 1. The molecule has 1 aromatic rings. The first kappa shape index (κ1) is 50.3. The minimum Gasteiger partial charge on any atom is -0.481 e. The van der Waals surface area contributed by atoms with Crippen LogP contribution in [0.5, 0.6) is 0 Å². The van der Waals surface area contributed by atoms with Crippen LogP contribution in [0.1, 0.15) is 155 Å². The number of allylic oxidation sites excluding steroid dienone is 4. The molecule has 1 aromatic carbocycles. The number of aliphatic hydroxyl groups is 2. The van der Waals surface area contributed by atoms with Gasteiger partial charge in [0, 0.05) is 49.4 Å². The lowest BCUT2D eigenvalue weighted by Gasteiger charge is -2.64. The number of anilines is 1. The molecule has 16 atom stereocenters. The van der Waals surface area contributed by atoms with Crippen molar-refractivity contribution in [1.29, 1.82) is 0 Å². The van der Waals surface area contributed by atoms with Gasteiger partial charge in [-0.2, -0.15) is 0 Å². The molecule has 0 saturated heterocycles. The highest BCUT2D eigenvalue weighted by Crippen LogP contribution is 2.70. The number of ketones is 1. The molecule has 0 amide bonds.